The molecule has 1 heterocycles. The third-order valence-electron chi connectivity index (χ3n) is 5.37. The number of urea groups is 1. The summed E-state index contributed by atoms with van der Waals surface area (Å²) in [5.41, 5.74) is 7.98. The van der Waals surface area contributed by atoms with Crippen molar-refractivity contribution < 1.29 is 9.90 Å². The molecule has 0 aliphatic heterocycles. The highest BCUT2D eigenvalue weighted by Crippen LogP contribution is 2.30. The number of hydrogen-bond donors (Lipinski definition) is 3. The minimum Gasteiger partial charge on any atom is -0.507 e. The fourth-order valence-electron chi connectivity index (χ4n) is 3.47. The lowest BCUT2D eigenvalue weighted by Crippen LogP contribution is -2.20. The zero-order valence-electron chi connectivity index (χ0n) is 17.9. The Hall–Kier alpha value is -3.93. The van der Waals surface area contributed by atoms with Gasteiger partial charge in [-0.1, -0.05) is 12.1 Å². The molecule has 3 N–H and O–H groups in total. The summed E-state index contributed by atoms with van der Waals surface area (Å²) in [6.45, 7) is 7.78. The quantitative estimate of drug-likeness (QED) is 0.392. The summed E-state index contributed by atoms with van der Waals surface area (Å²) >= 11 is 0. The van der Waals surface area contributed by atoms with Gasteiger partial charge in [-0.3, -0.25) is 10.3 Å². The third kappa shape index (κ3) is 4.33. The van der Waals surface area contributed by atoms with E-state index < -0.39 is 0 Å². The van der Waals surface area contributed by atoms with E-state index in [9.17, 15) is 9.90 Å². The largest absolute Gasteiger partial charge is 0.507 e. The van der Waals surface area contributed by atoms with E-state index in [0.29, 0.717) is 17.1 Å². The summed E-state index contributed by atoms with van der Waals surface area (Å²) in [5, 5.41) is 15.6. The molecule has 0 aliphatic rings. The van der Waals surface area contributed by atoms with Gasteiger partial charge in [-0.2, -0.15) is 0 Å². The average molecular weight is 412 g/mol. The van der Waals surface area contributed by atoms with Gasteiger partial charge in [0.05, 0.1) is 17.2 Å². The van der Waals surface area contributed by atoms with E-state index in [1.54, 1.807) is 0 Å². The van der Waals surface area contributed by atoms with Crippen molar-refractivity contribution in [3.05, 3.63) is 77.0 Å². The van der Waals surface area contributed by atoms with E-state index in [0.717, 1.165) is 39.0 Å². The number of carbonyl (C=O) groups excluding carboxylic acids is 1. The Morgan fingerprint density at radius 1 is 0.774 bits per heavy atom. The number of rotatable bonds is 3. The van der Waals surface area contributed by atoms with Crippen LogP contribution in [0.5, 0.6) is 5.75 Å². The maximum absolute atomic E-state index is 12.4. The average Bonchev–Trinajstić information content (AvgIpc) is 2.73. The van der Waals surface area contributed by atoms with Crippen molar-refractivity contribution in [1.82, 2.24) is 9.97 Å². The molecule has 0 radical (unpaired) electrons. The van der Waals surface area contributed by atoms with Crippen molar-refractivity contribution in [1.29, 1.82) is 0 Å². The predicted molar refractivity (Wildman–Crippen MR) is 125 cm³/mol. The SMILES string of the molecule is Cc1ccc(NC(=O)Nc2cnc3ccc(-c4cc(C)c(O)c(C)c4)cc3n2)cc1C. The molecule has 4 rings (SSSR count). The van der Waals surface area contributed by atoms with Gasteiger partial charge in [0.1, 0.15) is 5.75 Å². The van der Waals surface area contributed by atoms with Gasteiger partial charge in [0.15, 0.2) is 5.82 Å². The molecule has 31 heavy (non-hydrogen) atoms. The van der Waals surface area contributed by atoms with Gasteiger partial charge in [0.25, 0.3) is 0 Å². The smallest absolute Gasteiger partial charge is 0.324 e. The first-order chi connectivity index (χ1) is 14.8. The van der Waals surface area contributed by atoms with Gasteiger partial charge in [0.2, 0.25) is 0 Å². The highest BCUT2D eigenvalue weighted by molar-refractivity contribution is 5.99. The number of carbonyl (C=O) groups is 1. The Bertz CT molecular complexity index is 1290. The molecule has 2 amide bonds. The van der Waals surface area contributed by atoms with E-state index in [1.807, 2.05) is 76.2 Å². The van der Waals surface area contributed by atoms with Crippen molar-refractivity contribution in [2.24, 2.45) is 0 Å². The number of amides is 2. The Morgan fingerprint density at radius 3 is 2.23 bits per heavy atom. The number of hydrogen-bond acceptors (Lipinski definition) is 4. The fourth-order valence-corrected chi connectivity index (χ4v) is 3.47. The number of nitrogens with one attached hydrogen (secondary N) is 2. The maximum Gasteiger partial charge on any atom is 0.324 e. The summed E-state index contributed by atoms with van der Waals surface area (Å²) in [7, 11) is 0. The molecular weight excluding hydrogens is 388 g/mol. The summed E-state index contributed by atoms with van der Waals surface area (Å²) in [6.07, 6.45) is 1.54. The van der Waals surface area contributed by atoms with E-state index in [2.05, 4.69) is 20.6 Å². The van der Waals surface area contributed by atoms with Crippen LogP contribution in [0.3, 0.4) is 0 Å². The van der Waals surface area contributed by atoms with Gasteiger partial charge in [-0.05, 0) is 97.5 Å². The minimum atomic E-state index is -0.377. The molecule has 0 fully saturated rings. The predicted octanol–water partition coefficient (Wildman–Crippen LogP) is 5.88. The summed E-state index contributed by atoms with van der Waals surface area (Å²) in [5.74, 6) is 0.676. The number of aromatic nitrogens is 2. The monoisotopic (exact) mass is 412 g/mol. The summed E-state index contributed by atoms with van der Waals surface area (Å²) in [6, 6.07) is 15.1. The second-order valence-corrected chi connectivity index (χ2v) is 7.80. The first-order valence-electron chi connectivity index (χ1n) is 10.0. The molecule has 0 spiro atoms. The first kappa shape index (κ1) is 20.3. The molecule has 0 unspecified atom stereocenters. The van der Waals surface area contributed by atoms with Crippen LogP contribution >= 0.6 is 0 Å². The maximum atomic E-state index is 12.4. The Kier molecular flexibility index (Phi) is 5.29. The number of aromatic hydroxyl groups is 1. The molecule has 6 nitrogen and oxygen atoms in total. The van der Waals surface area contributed by atoms with Crippen LogP contribution in [-0.2, 0) is 0 Å². The normalized spacial score (nSPS) is 10.8. The molecule has 4 aromatic rings. The molecule has 0 saturated heterocycles. The highest BCUT2D eigenvalue weighted by atomic mass is 16.3. The Morgan fingerprint density at radius 2 is 1.52 bits per heavy atom. The van der Waals surface area contributed by atoms with Gasteiger partial charge >= 0.3 is 6.03 Å². The number of nitrogens with zero attached hydrogens (tertiary/aromatic N) is 2. The van der Waals surface area contributed by atoms with E-state index in [4.69, 9.17) is 0 Å². The number of anilines is 2. The van der Waals surface area contributed by atoms with Crippen LogP contribution in [0.1, 0.15) is 22.3 Å². The van der Waals surface area contributed by atoms with Crippen molar-refractivity contribution in [3.63, 3.8) is 0 Å². The zero-order chi connectivity index (χ0) is 22.1. The second kappa shape index (κ2) is 8.07. The standard InChI is InChI=1S/C25H24N4O2/c1-14-5-7-20(11-15(14)2)27-25(31)29-23-13-26-21-8-6-18(12-22(21)28-23)19-9-16(3)24(30)17(4)10-19/h5-13,30H,1-4H3,(H2,27,28,29,31). The van der Waals surface area contributed by atoms with Crippen LogP contribution in [0.4, 0.5) is 16.3 Å². The second-order valence-electron chi connectivity index (χ2n) is 7.80. The van der Waals surface area contributed by atoms with Crippen LogP contribution in [0.2, 0.25) is 0 Å². The van der Waals surface area contributed by atoms with Gasteiger partial charge in [-0.25, -0.2) is 9.78 Å². The van der Waals surface area contributed by atoms with Crippen LogP contribution < -0.4 is 10.6 Å². The molecule has 0 bridgehead atoms. The summed E-state index contributed by atoms with van der Waals surface area (Å²) in [4.78, 5) is 21.4. The molecule has 0 atom stereocenters. The number of phenols is 1. The Balaban J connectivity index is 1.58. The van der Waals surface area contributed by atoms with E-state index in [-0.39, 0.29) is 6.03 Å². The van der Waals surface area contributed by atoms with Crippen molar-refractivity contribution >= 4 is 28.6 Å². The number of aryl methyl sites for hydroxylation is 4. The van der Waals surface area contributed by atoms with E-state index >= 15 is 0 Å². The van der Waals surface area contributed by atoms with Crippen molar-refractivity contribution in [2.75, 3.05) is 10.6 Å². The lowest BCUT2D eigenvalue weighted by Gasteiger charge is -2.10. The van der Waals surface area contributed by atoms with Gasteiger partial charge in [0, 0.05) is 5.69 Å². The molecule has 0 saturated carbocycles. The fraction of sp³-hybridized carbons (Fsp3) is 0.160. The molecule has 6 heteroatoms. The van der Waals surface area contributed by atoms with Crippen molar-refractivity contribution in [2.45, 2.75) is 27.7 Å². The summed E-state index contributed by atoms with van der Waals surface area (Å²) < 4.78 is 0. The number of phenolic OH excluding ortho intramolecular Hbond substituents is 1. The topological polar surface area (TPSA) is 87.1 Å². The zero-order valence-corrected chi connectivity index (χ0v) is 17.9. The first-order valence-corrected chi connectivity index (χ1v) is 10.0. The number of fused-ring (bicyclic) bond motifs is 1. The Labute approximate surface area is 181 Å². The minimum absolute atomic E-state index is 0.311. The molecule has 0 aliphatic carbocycles. The van der Waals surface area contributed by atoms with Crippen LogP contribution in [0.15, 0.2) is 54.7 Å². The van der Waals surface area contributed by atoms with E-state index in [1.165, 1.54) is 11.8 Å². The van der Waals surface area contributed by atoms with Crippen LogP contribution in [0.25, 0.3) is 22.2 Å². The highest BCUT2D eigenvalue weighted by Gasteiger charge is 2.09. The lowest BCUT2D eigenvalue weighted by atomic mass is 9.99. The molecular formula is C25H24N4O2. The van der Waals surface area contributed by atoms with Crippen LogP contribution in [-0.4, -0.2) is 21.1 Å². The lowest BCUT2D eigenvalue weighted by molar-refractivity contribution is 0.262. The van der Waals surface area contributed by atoms with Gasteiger partial charge in [-0.15, -0.1) is 0 Å². The molecule has 1 aromatic heterocycles. The van der Waals surface area contributed by atoms with Gasteiger partial charge < -0.3 is 10.4 Å². The molecule has 156 valence electrons. The molecule has 3 aromatic carbocycles. The van der Waals surface area contributed by atoms with Crippen LogP contribution in [0, 0.1) is 27.7 Å². The third-order valence-corrected chi connectivity index (χ3v) is 5.37. The van der Waals surface area contributed by atoms with Crippen molar-refractivity contribution in [3.8, 4) is 16.9 Å². The number of benzene rings is 3.